The zero-order valence-corrected chi connectivity index (χ0v) is 21.3. The number of fused-ring (bicyclic) bond motifs is 2. The minimum Gasteiger partial charge on any atom is -0.436 e. The molecule has 1 aliphatic heterocycles. The van der Waals surface area contributed by atoms with Crippen LogP contribution < -0.4 is 10.2 Å². The van der Waals surface area contributed by atoms with E-state index in [0.29, 0.717) is 36.1 Å². The van der Waals surface area contributed by atoms with Crippen LogP contribution in [-0.2, 0) is 17.8 Å². The fourth-order valence-corrected chi connectivity index (χ4v) is 5.49. The van der Waals surface area contributed by atoms with Crippen LogP contribution in [0.25, 0.3) is 22.0 Å². The van der Waals surface area contributed by atoms with Crippen LogP contribution in [0, 0.1) is 13.8 Å². The van der Waals surface area contributed by atoms with Crippen molar-refractivity contribution in [3.63, 3.8) is 0 Å². The Hall–Kier alpha value is -4.30. The number of aryl methyl sites for hydroxylation is 3. The fraction of sp³-hybridized carbons (Fsp3) is 0.172. The molecule has 3 heterocycles. The maximum Gasteiger partial charge on any atom is 0.295 e. The molecular weight excluding hydrogens is 484 g/mol. The molecule has 5 aromatic rings. The van der Waals surface area contributed by atoms with Crippen molar-refractivity contribution in [1.29, 1.82) is 0 Å². The van der Waals surface area contributed by atoms with E-state index in [1.54, 1.807) is 13.8 Å². The Morgan fingerprint density at radius 3 is 2.68 bits per heavy atom. The van der Waals surface area contributed by atoms with E-state index in [2.05, 4.69) is 51.7 Å². The number of anilines is 2. The lowest BCUT2D eigenvalue weighted by atomic mass is 9.97. The molecule has 0 aliphatic carbocycles. The van der Waals surface area contributed by atoms with Crippen LogP contribution in [0.2, 0.25) is 0 Å². The lowest BCUT2D eigenvalue weighted by Gasteiger charge is -2.30. The van der Waals surface area contributed by atoms with E-state index in [0.717, 1.165) is 28.1 Å². The molecule has 0 bridgehead atoms. The van der Waals surface area contributed by atoms with E-state index in [1.807, 2.05) is 34.5 Å². The Bertz CT molecular complexity index is 1670. The molecule has 0 fully saturated rings. The van der Waals surface area contributed by atoms with Crippen LogP contribution in [0.5, 0.6) is 0 Å². The van der Waals surface area contributed by atoms with Gasteiger partial charge in [-0.15, -0.1) is 11.3 Å². The van der Waals surface area contributed by atoms with Crippen molar-refractivity contribution in [2.75, 3.05) is 10.2 Å². The molecule has 0 saturated heterocycles. The summed E-state index contributed by atoms with van der Waals surface area (Å²) in [7, 11) is 0. The van der Waals surface area contributed by atoms with Gasteiger partial charge in [-0.05, 0) is 53.4 Å². The fourth-order valence-electron chi connectivity index (χ4n) is 4.77. The number of carbonyl (C=O) groups excluding carboxylic acids is 2. The van der Waals surface area contributed by atoms with Crippen molar-refractivity contribution in [3.05, 3.63) is 94.5 Å². The van der Waals surface area contributed by atoms with Crippen molar-refractivity contribution in [1.82, 2.24) is 9.97 Å². The summed E-state index contributed by atoms with van der Waals surface area (Å²) in [5, 5.41) is 7.55. The summed E-state index contributed by atoms with van der Waals surface area (Å²) >= 11 is 1.35. The summed E-state index contributed by atoms with van der Waals surface area (Å²) < 4.78 is 5.41. The standard InChI is InChI=1S/C29H24N4O3S/c1-17-27(36-18(2)30-17)28(35)32-29-31-24(16-37-29)22-9-11-25-23(14-22)10-12-26(34)33(25)15-19-7-8-20-5-3-4-6-21(20)13-19/h3-9,11,13-14,16H,10,12,15H2,1-2H3,(H,31,32,35). The number of nitrogens with one attached hydrogen (secondary N) is 1. The first-order valence-electron chi connectivity index (χ1n) is 12.1. The quantitative estimate of drug-likeness (QED) is 0.301. The lowest BCUT2D eigenvalue weighted by molar-refractivity contribution is -0.119. The lowest BCUT2D eigenvalue weighted by Crippen LogP contribution is -2.34. The molecule has 2 amide bonds. The van der Waals surface area contributed by atoms with Gasteiger partial charge in [-0.2, -0.15) is 0 Å². The Kier molecular flexibility index (Phi) is 5.81. The van der Waals surface area contributed by atoms with Crippen LogP contribution >= 0.6 is 11.3 Å². The van der Waals surface area contributed by atoms with E-state index >= 15 is 0 Å². The zero-order chi connectivity index (χ0) is 25.5. The van der Waals surface area contributed by atoms with Gasteiger partial charge in [0.25, 0.3) is 5.91 Å². The summed E-state index contributed by atoms with van der Waals surface area (Å²) in [5.41, 5.74) is 5.41. The molecule has 6 rings (SSSR count). The number of carbonyl (C=O) groups is 2. The van der Waals surface area contributed by atoms with Crippen LogP contribution in [0.15, 0.2) is 70.5 Å². The number of hydrogen-bond acceptors (Lipinski definition) is 6. The molecule has 0 atom stereocenters. The highest BCUT2D eigenvalue weighted by atomic mass is 32.1. The first-order valence-corrected chi connectivity index (χ1v) is 12.9. The van der Waals surface area contributed by atoms with E-state index in [-0.39, 0.29) is 17.6 Å². The second-order valence-corrected chi connectivity index (χ2v) is 10.0. The van der Waals surface area contributed by atoms with Crippen LogP contribution in [0.1, 0.15) is 39.7 Å². The molecular formula is C29H24N4O3S. The molecule has 1 N–H and O–H groups in total. The number of rotatable bonds is 5. The highest BCUT2D eigenvalue weighted by molar-refractivity contribution is 7.14. The molecule has 8 heteroatoms. The maximum atomic E-state index is 12.9. The van der Waals surface area contributed by atoms with Gasteiger partial charge >= 0.3 is 0 Å². The maximum absolute atomic E-state index is 12.9. The highest BCUT2D eigenvalue weighted by Crippen LogP contribution is 2.34. The van der Waals surface area contributed by atoms with Gasteiger partial charge in [-0.1, -0.05) is 42.5 Å². The third-order valence-electron chi connectivity index (χ3n) is 6.56. The van der Waals surface area contributed by atoms with Crippen molar-refractivity contribution in [2.24, 2.45) is 0 Å². The largest absolute Gasteiger partial charge is 0.436 e. The molecule has 7 nitrogen and oxygen atoms in total. The second kappa shape index (κ2) is 9.29. The normalized spacial score (nSPS) is 13.1. The summed E-state index contributed by atoms with van der Waals surface area (Å²) in [6, 6.07) is 20.7. The van der Waals surface area contributed by atoms with E-state index in [1.165, 1.54) is 22.1 Å². The first kappa shape index (κ1) is 23.1. The van der Waals surface area contributed by atoms with Crippen LogP contribution in [0.4, 0.5) is 10.8 Å². The number of thiazole rings is 1. The summed E-state index contributed by atoms with van der Waals surface area (Å²) in [4.78, 5) is 36.1. The molecule has 0 spiro atoms. The van der Waals surface area contributed by atoms with Gasteiger partial charge in [0, 0.05) is 30.0 Å². The minimum absolute atomic E-state index is 0.130. The summed E-state index contributed by atoms with van der Waals surface area (Å²) in [5.74, 6) is 0.404. The SMILES string of the molecule is Cc1nc(C)c(C(=O)Nc2nc(-c3ccc4c(c3)CCC(=O)N4Cc3ccc4ccccc4c3)cs2)o1. The number of oxazole rings is 1. The first-order chi connectivity index (χ1) is 17.9. The predicted octanol–water partition coefficient (Wildman–Crippen LogP) is 6.30. The summed E-state index contributed by atoms with van der Waals surface area (Å²) in [6.45, 7) is 3.97. The molecule has 0 saturated carbocycles. The van der Waals surface area contributed by atoms with E-state index < -0.39 is 0 Å². The average molecular weight is 509 g/mol. The second-order valence-electron chi connectivity index (χ2n) is 9.14. The van der Waals surface area contributed by atoms with Crippen LogP contribution in [-0.4, -0.2) is 21.8 Å². The number of hydrogen-bond donors (Lipinski definition) is 1. The van der Waals surface area contributed by atoms with Gasteiger partial charge < -0.3 is 9.32 Å². The highest BCUT2D eigenvalue weighted by Gasteiger charge is 2.25. The molecule has 1 aliphatic rings. The van der Waals surface area contributed by atoms with Gasteiger partial charge in [-0.3, -0.25) is 14.9 Å². The van der Waals surface area contributed by atoms with Gasteiger partial charge in [0.05, 0.1) is 17.9 Å². The number of benzene rings is 3. The van der Waals surface area contributed by atoms with Gasteiger partial charge in [0.15, 0.2) is 11.0 Å². The Labute approximate surface area is 217 Å². The molecule has 3 aromatic carbocycles. The number of aromatic nitrogens is 2. The van der Waals surface area contributed by atoms with Gasteiger partial charge in [0.2, 0.25) is 11.7 Å². The Balaban J connectivity index is 1.23. The minimum atomic E-state index is -0.368. The predicted molar refractivity (Wildman–Crippen MR) is 145 cm³/mol. The molecule has 2 aromatic heterocycles. The van der Waals surface area contributed by atoms with Crippen molar-refractivity contribution in [2.45, 2.75) is 33.2 Å². The molecule has 184 valence electrons. The van der Waals surface area contributed by atoms with Gasteiger partial charge in [0.1, 0.15) is 0 Å². The number of amides is 2. The van der Waals surface area contributed by atoms with Crippen molar-refractivity contribution < 1.29 is 14.0 Å². The Morgan fingerprint density at radius 1 is 1.03 bits per heavy atom. The zero-order valence-electron chi connectivity index (χ0n) is 20.4. The Morgan fingerprint density at radius 2 is 1.86 bits per heavy atom. The van der Waals surface area contributed by atoms with Gasteiger partial charge in [-0.25, -0.2) is 9.97 Å². The number of nitrogens with zero attached hydrogens (tertiary/aromatic N) is 3. The third-order valence-corrected chi connectivity index (χ3v) is 7.32. The summed E-state index contributed by atoms with van der Waals surface area (Å²) in [6.07, 6.45) is 1.16. The molecule has 37 heavy (non-hydrogen) atoms. The topological polar surface area (TPSA) is 88.3 Å². The van der Waals surface area contributed by atoms with Crippen molar-refractivity contribution in [3.8, 4) is 11.3 Å². The van der Waals surface area contributed by atoms with Crippen molar-refractivity contribution >= 4 is 44.7 Å². The van der Waals surface area contributed by atoms with E-state index in [4.69, 9.17) is 4.42 Å². The molecule has 0 radical (unpaired) electrons. The third kappa shape index (κ3) is 4.51. The monoisotopic (exact) mass is 508 g/mol. The molecule has 0 unspecified atom stereocenters. The van der Waals surface area contributed by atoms with E-state index in [9.17, 15) is 9.59 Å². The smallest absolute Gasteiger partial charge is 0.295 e. The van der Waals surface area contributed by atoms with Crippen LogP contribution in [0.3, 0.4) is 0 Å². The average Bonchev–Trinajstić information content (AvgIpc) is 3.50.